The van der Waals surface area contributed by atoms with Gasteiger partial charge in [-0.3, -0.25) is 24.5 Å². The van der Waals surface area contributed by atoms with Gasteiger partial charge in [-0.05, 0) is 120 Å². The summed E-state index contributed by atoms with van der Waals surface area (Å²) in [5.41, 5.74) is -0.143. The molecule has 1 aromatic rings. The molecule has 0 saturated carbocycles. The van der Waals surface area contributed by atoms with Gasteiger partial charge in [-0.1, -0.05) is 167 Å². The van der Waals surface area contributed by atoms with E-state index in [0.717, 1.165) is 116 Å². The van der Waals surface area contributed by atoms with Crippen molar-refractivity contribution < 1.29 is 47.8 Å². The van der Waals surface area contributed by atoms with Crippen LogP contribution in [0.5, 0.6) is 5.75 Å². The van der Waals surface area contributed by atoms with E-state index in [1.54, 1.807) is 0 Å². The highest BCUT2D eigenvalue weighted by Gasteiger charge is 2.23. The summed E-state index contributed by atoms with van der Waals surface area (Å²) in [5.74, 6) is -0.367. The lowest BCUT2D eigenvalue weighted by molar-refractivity contribution is -0.384. The number of benzene rings is 1. The van der Waals surface area contributed by atoms with Crippen LogP contribution in [0.3, 0.4) is 0 Å². The lowest BCUT2D eigenvalue weighted by Gasteiger charge is -2.21. The first-order chi connectivity index (χ1) is 34.9. The maximum absolute atomic E-state index is 13.4. The molecule has 2 unspecified atom stereocenters. The van der Waals surface area contributed by atoms with Gasteiger partial charge < -0.3 is 23.7 Å². The van der Waals surface area contributed by atoms with Crippen molar-refractivity contribution in [2.24, 2.45) is 11.8 Å². The number of hydrogen-bond donors (Lipinski definition) is 0. The minimum atomic E-state index is -1.01. The molecule has 0 aromatic heterocycles. The number of carbonyl (C=O) groups excluding carboxylic acids is 4. The predicted octanol–water partition coefficient (Wildman–Crippen LogP) is 17.1. The van der Waals surface area contributed by atoms with Gasteiger partial charge in [-0.2, -0.15) is 0 Å². The van der Waals surface area contributed by atoms with E-state index < -0.39 is 41.2 Å². The van der Waals surface area contributed by atoms with E-state index in [4.69, 9.17) is 23.7 Å². The van der Waals surface area contributed by atoms with Crippen LogP contribution in [0.2, 0.25) is 0 Å². The minimum absolute atomic E-state index is 0.0867. The van der Waals surface area contributed by atoms with Gasteiger partial charge >= 0.3 is 24.1 Å². The number of hydrogen-bond acceptors (Lipinski definition) is 11. The summed E-state index contributed by atoms with van der Waals surface area (Å²) in [4.78, 5) is 62.4. The van der Waals surface area contributed by atoms with Crippen molar-refractivity contribution in [3.63, 3.8) is 0 Å². The van der Waals surface area contributed by atoms with Gasteiger partial charge in [0.05, 0.1) is 4.92 Å². The second kappa shape index (κ2) is 46.1. The number of nitro benzene ring substituents is 1. The van der Waals surface area contributed by atoms with Crippen LogP contribution in [0, 0.1) is 22.0 Å². The van der Waals surface area contributed by atoms with Gasteiger partial charge in [-0.25, -0.2) is 4.79 Å². The zero-order valence-corrected chi connectivity index (χ0v) is 45.5. The maximum atomic E-state index is 13.4. The van der Waals surface area contributed by atoms with E-state index in [9.17, 15) is 29.3 Å². The van der Waals surface area contributed by atoms with Gasteiger partial charge in [0.2, 0.25) is 0 Å². The summed E-state index contributed by atoms with van der Waals surface area (Å²) in [6.07, 6.45) is 43.9. The lowest BCUT2D eigenvalue weighted by atomic mass is 9.94. The number of allylic oxidation sites excluding steroid dienone is 8. The fourth-order valence-electron chi connectivity index (χ4n) is 7.96. The number of carbonyl (C=O) groups is 4. The number of nitrogens with zero attached hydrogens (tertiary/aromatic N) is 1. The van der Waals surface area contributed by atoms with Gasteiger partial charge in [-0.15, -0.1) is 0 Å². The van der Waals surface area contributed by atoms with Crippen LogP contribution in [0.4, 0.5) is 10.5 Å². The molecule has 0 saturated heterocycles. The first-order valence-corrected chi connectivity index (χ1v) is 28.2. The van der Waals surface area contributed by atoms with Crippen LogP contribution >= 0.6 is 0 Å². The molecule has 0 aliphatic heterocycles. The van der Waals surface area contributed by atoms with E-state index in [2.05, 4.69) is 83.2 Å². The van der Waals surface area contributed by atoms with Crippen molar-refractivity contribution >= 4 is 29.8 Å². The average Bonchev–Trinajstić information content (AvgIpc) is 3.35. The van der Waals surface area contributed by atoms with Gasteiger partial charge in [0.25, 0.3) is 5.69 Å². The van der Waals surface area contributed by atoms with E-state index >= 15 is 0 Å². The minimum Gasteiger partial charge on any atom is -0.462 e. The number of unbranched alkanes of at least 4 members (excludes halogenated alkanes) is 16. The van der Waals surface area contributed by atoms with E-state index in [1.807, 2.05) is 0 Å². The molecule has 12 nitrogen and oxygen atoms in total. The molecule has 0 N–H and O–H groups in total. The van der Waals surface area contributed by atoms with Crippen molar-refractivity contribution in [2.45, 2.75) is 246 Å². The topological polar surface area (TPSA) is 158 Å². The summed E-state index contributed by atoms with van der Waals surface area (Å²) in [6, 6.07) is 5.09. The Morgan fingerprint density at radius 1 is 0.500 bits per heavy atom. The second-order valence-corrected chi connectivity index (χ2v) is 19.8. The summed E-state index contributed by atoms with van der Waals surface area (Å²) >= 11 is 0. The predicted molar refractivity (Wildman–Crippen MR) is 291 cm³/mol. The Morgan fingerprint density at radius 3 is 1.44 bits per heavy atom. The SMILES string of the molecule is CCCCC/C=C\C/C=C\CCCCCCCC(=O)OCC(COC(=O)CCCCCCC/C=C\C/C=C\CCCCC)OC(=O)CCC(CCC(C)CCCC(C)C)OC(=O)Oc1ccc([N+](=O)[O-])cc1. The fraction of sp³-hybridized carbons (Fsp3) is 0.700. The van der Waals surface area contributed by atoms with Gasteiger partial charge in [0, 0.05) is 31.4 Å². The van der Waals surface area contributed by atoms with Crippen LogP contribution in [0.25, 0.3) is 0 Å². The summed E-state index contributed by atoms with van der Waals surface area (Å²) in [7, 11) is 0. The molecule has 72 heavy (non-hydrogen) atoms. The highest BCUT2D eigenvalue weighted by atomic mass is 16.7. The molecule has 0 amide bonds. The lowest BCUT2D eigenvalue weighted by Crippen LogP contribution is -2.31. The third kappa shape index (κ3) is 40.8. The van der Waals surface area contributed by atoms with Gasteiger partial charge in [0.15, 0.2) is 6.10 Å². The zero-order chi connectivity index (χ0) is 52.7. The van der Waals surface area contributed by atoms with Crippen LogP contribution in [0.1, 0.15) is 234 Å². The number of esters is 3. The monoisotopic (exact) mass is 1010 g/mol. The van der Waals surface area contributed by atoms with Crippen LogP contribution in [-0.4, -0.2) is 54.4 Å². The van der Waals surface area contributed by atoms with Crippen LogP contribution in [-0.2, 0) is 33.3 Å². The number of nitro groups is 1. The molecule has 0 aliphatic rings. The van der Waals surface area contributed by atoms with E-state index in [1.165, 1.54) is 62.8 Å². The molecular weight excluding hydrogens is 911 g/mol. The summed E-state index contributed by atoms with van der Waals surface area (Å²) in [5, 5.41) is 11.1. The molecular formula is C60H97NO11. The number of non-ortho nitro benzene ring substituents is 1. The Hall–Kier alpha value is -4.74. The van der Waals surface area contributed by atoms with Crippen molar-refractivity contribution in [3.8, 4) is 5.75 Å². The van der Waals surface area contributed by atoms with Crippen LogP contribution in [0.15, 0.2) is 72.9 Å². The Balaban J connectivity index is 2.73. The van der Waals surface area contributed by atoms with Crippen molar-refractivity contribution in [1.82, 2.24) is 0 Å². The molecule has 0 fully saturated rings. The largest absolute Gasteiger partial charge is 0.514 e. The van der Waals surface area contributed by atoms with E-state index in [-0.39, 0.29) is 50.3 Å². The molecule has 1 rings (SSSR count). The molecule has 1 aromatic carbocycles. The third-order valence-electron chi connectivity index (χ3n) is 12.5. The van der Waals surface area contributed by atoms with Crippen LogP contribution < -0.4 is 4.74 Å². The standard InChI is InChI=1S/C60H97NO11/c1-6-8-10-12-14-16-18-20-22-24-26-28-30-32-34-39-57(62)68-49-56(50-69-58(63)40-35-33-31-29-27-25-23-21-19-17-15-13-11-9-7-2)70-59(64)48-47-54(44-41-52(5)38-36-37-51(3)4)71-60(65)72-55-45-42-53(43-46-55)61(66)67/h14-17,20-23,42-43,45-46,51-52,54,56H,6-13,18-19,24-41,44,47-50H2,1-5H3/b16-14-,17-15-,22-20-,23-21-. The highest BCUT2D eigenvalue weighted by molar-refractivity contribution is 5.71. The van der Waals surface area contributed by atoms with E-state index in [0.29, 0.717) is 31.1 Å². The molecule has 0 aliphatic carbocycles. The fourth-order valence-corrected chi connectivity index (χ4v) is 7.96. The zero-order valence-electron chi connectivity index (χ0n) is 45.5. The summed E-state index contributed by atoms with van der Waals surface area (Å²) < 4.78 is 27.9. The molecule has 2 atom stereocenters. The Labute approximate surface area is 435 Å². The average molecular weight is 1010 g/mol. The molecule has 0 spiro atoms. The quantitative estimate of drug-likeness (QED) is 0.0116. The smallest absolute Gasteiger partial charge is 0.462 e. The molecule has 0 bridgehead atoms. The Morgan fingerprint density at radius 2 is 0.972 bits per heavy atom. The van der Waals surface area contributed by atoms with Gasteiger partial charge in [0.1, 0.15) is 25.1 Å². The molecule has 12 heteroatoms. The summed E-state index contributed by atoms with van der Waals surface area (Å²) in [6.45, 7) is 10.5. The maximum Gasteiger partial charge on any atom is 0.514 e. The highest BCUT2D eigenvalue weighted by Crippen LogP contribution is 2.23. The molecule has 408 valence electrons. The van der Waals surface area contributed by atoms with Crippen molar-refractivity contribution in [3.05, 3.63) is 83.0 Å². The van der Waals surface area contributed by atoms with Crippen molar-refractivity contribution in [2.75, 3.05) is 13.2 Å². The third-order valence-corrected chi connectivity index (χ3v) is 12.5. The Bertz CT molecular complexity index is 1610. The molecule has 0 radical (unpaired) electrons. The first kappa shape index (κ1) is 65.3. The normalized spacial score (nSPS) is 12.7. The first-order valence-electron chi connectivity index (χ1n) is 28.2. The number of rotatable bonds is 46. The Kier molecular flexibility index (Phi) is 41.8. The molecule has 0 heterocycles. The van der Waals surface area contributed by atoms with Crippen molar-refractivity contribution in [1.29, 1.82) is 0 Å². The number of ether oxygens (including phenoxy) is 5. The second-order valence-electron chi connectivity index (χ2n) is 19.8.